The normalized spacial score (nSPS) is 18.7. The summed E-state index contributed by atoms with van der Waals surface area (Å²) in [5, 5.41) is 2.83. The molecule has 0 aromatic heterocycles. The number of rotatable bonds is 7. The number of carbonyl (C=O) groups excluding carboxylic acids is 3. The predicted octanol–water partition coefficient (Wildman–Crippen LogP) is 2.71. The number of hydrogen-bond donors (Lipinski definition) is 1. The fraction of sp³-hybridized carbons (Fsp3) is 0.286. The van der Waals surface area contributed by atoms with Crippen LogP contribution in [0.1, 0.15) is 29.3 Å². The van der Waals surface area contributed by atoms with Crippen LogP contribution >= 0.6 is 0 Å². The first-order valence-corrected chi connectivity index (χ1v) is 9.02. The van der Waals surface area contributed by atoms with Gasteiger partial charge in [-0.05, 0) is 30.2 Å². The highest BCUT2D eigenvalue weighted by Crippen LogP contribution is 2.32. The van der Waals surface area contributed by atoms with Crippen molar-refractivity contribution in [3.8, 4) is 5.75 Å². The molecule has 1 fully saturated rings. The monoisotopic (exact) mass is 382 g/mol. The molecule has 2 aromatic rings. The minimum absolute atomic E-state index is 0.0989. The number of hydrogen-bond acceptors (Lipinski definition) is 5. The molecule has 0 saturated carbocycles. The van der Waals surface area contributed by atoms with Crippen LogP contribution in [0, 0.1) is 0 Å². The maximum absolute atomic E-state index is 13.0. The summed E-state index contributed by atoms with van der Waals surface area (Å²) in [6, 6.07) is 15.3. The van der Waals surface area contributed by atoms with Crippen molar-refractivity contribution >= 4 is 17.9 Å². The van der Waals surface area contributed by atoms with Crippen LogP contribution in [0.25, 0.3) is 0 Å². The Bertz CT molecular complexity index is 883. The van der Waals surface area contributed by atoms with E-state index < -0.39 is 17.5 Å². The van der Waals surface area contributed by atoms with Crippen LogP contribution in [0.3, 0.4) is 0 Å². The van der Waals surface area contributed by atoms with Crippen LogP contribution in [0.5, 0.6) is 5.75 Å². The summed E-state index contributed by atoms with van der Waals surface area (Å²) < 4.78 is 10.3. The molecule has 3 rings (SSSR count). The Morgan fingerprint density at radius 1 is 1.11 bits per heavy atom. The zero-order valence-corrected chi connectivity index (χ0v) is 15.8. The van der Waals surface area contributed by atoms with E-state index in [-0.39, 0.29) is 19.1 Å². The third-order valence-electron chi connectivity index (χ3n) is 4.81. The highest BCUT2D eigenvalue weighted by atomic mass is 16.5. The molecule has 146 valence electrons. The molecule has 0 spiro atoms. The summed E-state index contributed by atoms with van der Waals surface area (Å²) >= 11 is 0. The largest absolute Gasteiger partial charge is 0.492 e. The molecule has 7 nitrogen and oxygen atoms in total. The quantitative estimate of drug-likeness (QED) is 0.588. The fourth-order valence-corrected chi connectivity index (χ4v) is 3.28. The lowest BCUT2D eigenvalue weighted by Crippen LogP contribution is -2.43. The van der Waals surface area contributed by atoms with E-state index in [0.717, 1.165) is 5.56 Å². The number of ether oxygens (including phenoxy) is 2. The Morgan fingerprint density at radius 3 is 2.54 bits per heavy atom. The summed E-state index contributed by atoms with van der Waals surface area (Å²) in [5.74, 6) is -0.298. The van der Waals surface area contributed by atoms with E-state index in [1.54, 1.807) is 24.3 Å². The van der Waals surface area contributed by atoms with Crippen molar-refractivity contribution in [2.75, 3.05) is 20.3 Å². The van der Waals surface area contributed by atoms with E-state index in [1.165, 1.54) is 12.0 Å². The van der Waals surface area contributed by atoms with Gasteiger partial charge in [-0.3, -0.25) is 9.69 Å². The molecule has 0 unspecified atom stereocenters. The van der Waals surface area contributed by atoms with Gasteiger partial charge >= 0.3 is 12.0 Å². The van der Waals surface area contributed by atoms with E-state index in [9.17, 15) is 14.4 Å². The second-order valence-corrected chi connectivity index (χ2v) is 6.38. The van der Waals surface area contributed by atoms with Gasteiger partial charge in [-0.1, -0.05) is 43.3 Å². The van der Waals surface area contributed by atoms with Crippen molar-refractivity contribution in [3.63, 3.8) is 0 Å². The summed E-state index contributed by atoms with van der Waals surface area (Å²) in [6.07, 6.45) is 0.445. The maximum atomic E-state index is 13.0. The lowest BCUT2D eigenvalue weighted by molar-refractivity contribution is -0.132. The zero-order valence-electron chi connectivity index (χ0n) is 15.8. The Balaban J connectivity index is 1.68. The second kappa shape index (κ2) is 8.12. The predicted molar refractivity (Wildman–Crippen MR) is 102 cm³/mol. The molecule has 1 heterocycles. The third kappa shape index (κ3) is 3.55. The first kappa shape index (κ1) is 19.4. The first-order valence-electron chi connectivity index (χ1n) is 9.02. The van der Waals surface area contributed by atoms with Crippen LogP contribution in [-0.2, 0) is 15.1 Å². The summed E-state index contributed by atoms with van der Waals surface area (Å²) in [7, 11) is 1.31. The van der Waals surface area contributed by atoms with Gasteiger partial charge in [0.15, 0.2) is 0 Å². The molecule has 2 aromatic carbocycles. The van der Waals surface area contributed by atoms with Gasteiger partial charge in [0.1, 0.15) is 17.9 Å². The lowest BCUT2D eigenvalue weighted by Gasteiger charge is -2.25. The molecule has 0 radical (unpaired) electrons. The molecule has 1 aliphatic rings. The molecular formula is C21H22N2O5. The molecule has 1 saturated heterocycles. The Morgan fingerprint density at radius 2 is 1.86 bits per heavy atom. The number of benzene rings is 2. The van der Waals surface area contributed by atoms with Gasteiger partial charge in [0.05, 0.1) is 19.2 Å². The molecule has 3 amide bonds. The van der Waals surface area contributed by atoms with Crippen LogP contribution in [-0.4, -0.2) is 43.1 Å². The van der Waals surface area contributed by atoms with Crippen LogP contribution in [0.4, 0.5) is 4.79 Å². The fourth-order valence-electron chi connectivity index (χ4n) is 3.28. The minimum atomic E-state index is -1.05. The summed E-state index contributed by atoms with van der Waals surface area (Å²) in [4.78, 5) is 38.2. The van der Waals surface area contributed by atoms with E-state index in [2.05, 4.69) is 10.1 Å². The van der Waals surface area contributed by atoms with Gasteiger partial charge in [-0.15, -0.1) is 0 Å². The molecule has 1 N–H and O–H groups in total. The summed E-state index contributed by atoms with van der Waals surface area (Å²) in [5.41, 5.74) is 0.0671. The van der Waals surface area contributed by atoms with Gasteiger partial charge in [0.2, 0.25) is 0 Å². The van der Waals surface area contributed by atoms with Crippen molar-refractivity contribution in [1.82, 2.24) is 10.2 Å². The van der Waals surface area contributed by atoms with E-state index in [0.29, 0.717) is 17.7 Å². The molecule has 7 heteroatoms. The Kier molecular flexibility index (Phi) is 5.63. The molecule has 0 bridgehead atoms. The van der Waals surface area contributed by atoms with Crippen molar-refractivity contribution < 1.29 is 23.9 Å². The number of esters is 1. The van der Waals surface area contributed by atoms with Crippen molar-refractivity contribution in [2.45, 2.75) is 18.9 Å². The average Bonchev–Trinajstić information content (AvgIpc) is 2.99. The smallest absolute Gasteiger partial charge is 0.337 e. The van der Waals surface area contributed by atoms with Gasteiger partial charge in [0, 0.05) is 0 Å². The zero-order chi connectivity index (χ0) is 20.1. The van der Waals surface area contributed by atoms with Crippen molar-refractivity contribution in [3.05, 3.63) is 65.7 Å². The number of carbonyl (C=O) groups is 3. The molecule has 0 aliphatic carbocycles. The topological polar surface area (TPSA) is 84.9 Å². The molecule has 1 atom stereocenters. The third-order valence-corrected chi connectivity index (χ3v) is 4.81. The van der Waals surface area contributed by atoms with Gasteiger partial charge < -0.3 is 14.8 Å². The summed E-state index contributed by atoms with van der Waals surface area (Å²) in [6.45, 7) is 2.07. The number of urea groups is 1. The second-order valence-electron chi connectivity index (χ2n) is 6.38. The van der Waals surface area contributed by atoms with Gasteiger partial charge in [-0.25, -0.2) is 9.59 Å². The highest BCUT2D eigenvalue weighted by molar-refractivity contribution is 6.07. The van der Waals surface area contributed by atoms with E-state index in [1.807, 2.05) is 37.3 Å². The number of methoxy groups -OCH3 is 1. The molecular weight excluding hydrogens is 360 g/mol. The standard InChI is InChI=1S/C21H22N2O5/c1-3-21(16-9-5-4-6-10-16)19(25)23(20(26)22-21)12-13-28-17-11-7-8-15(14-17)18(24)27-2/h4-11,14H,3,12-13H2,1-2H3,(H,22,26)/t21-/m1/s1. The highest BCUT2D eigenvalue weighted by Gasteiger charge is 2.50. The van der Waals surface area contributed by atoms with Crippen LogP contribution in [0.2, 0.25) is 0 Å². The maximum Gasteiger partial charge on any atom is 0.337 e. The van der Waals surface area contributed by atoms with E-state index >= 15 is 0 Å². The number of amides is 3. The lowest BCUT2D eigenvalue weighted by atomic mass is 9.87. The van der Waals surface area contributed by atoms with Gasteiger partial charge in [-0.2, -0.15) is 0 Å². The van der Waals surface area contributed by atoms with E-state index in [4.69, 9.17) is 4.74 Å². The van der Waals surface area contributed by atoms with Gasteiger partial charge in [0.25, 0.3) is 5.91 Å². The average molecular weight is 382 g/mol. The van der Waals surface area contributed by atoms with Crippen molar-refractivity contribution in [2.24, 2.45) is 0 Å². The Labute approximate surface area is 163 Å². The first-order chi connectivity index (χ1) is 13.5. The molecule has 1 aliphatic heterocycles. The van der Waals surface area contributed by atoms with Crippen LogP contribution < -0.4 is 10.1 Å². The minimum Gasteiger partial charge on any atom is -0.492 e. The number of nitrogens with one attached hydrogen (secondary N) is 1. The van der Waals surface area contributed by atoms with Crippen LogP contribution in [0.15, 0.2) is 54.6 Å². The molecule has 28 heavy (non-hydrogen) atoms. The SMILES string of the molecule is CC[C@]1(c2ccccc2)NC(=O)N(CCOc2cccc(C(=O)OC)c2)C1=O. The van der Waals surface area contributed by atoms with Crippen molar-refractivity contribution in [1.29, 1.82) is 0 Å². The Hall–Kier alpha value is -3.35. The number of nitrogens with zero attached hydrogens (tertiary/aromatic N) is 1. The number of imide groups is 1.